The molecule has 3 nitrogen and oxygen atoms in total. The average Bonchev–Trinajstić information content (AvgIpc) is 2.35. The monoisotopic (exact) mass is 166 g/mol. The van der Waals surface area contributed by atoms with E-state index >= 15 is 0 Å². The fourth-order valence-electron chi connectivity index (χ4n) is 0.950. The van der Waals surface area contributed by atoms with E-state index in [0.29, 0.717) is 5.82 Å². The number of rotatable bonds is 3. The van der Waals surface area contributed by atoms with Crippen LogP contribution in [0.5, 0.6) is 0 Å². The third kappa shape index (κ3) is 2.78. The van der Waals surface area contributed by atoms with E-state index in [1.165, 1.54) is 5.57 Å². The van der Waals surface area contributed by atoms with Gasteiger partial charge >= 0.3 is 0 Å². The van der Waals surface area contributed by atoms with Gasteiger partial charge in [0.15, 0.2) is 5.82 Å². The quantitative estimate of drug-likeness (QED) is 0.700. The second kappa shape index (κ2) is 3.95. The van der Waals surface area contributed by atoms with Crippen molar-refractivity contribution in [2.45, 2.75) is 26.7 Å². The van der Waals surface area contributed by atoms with Crippen molar-refractivity contribution in [2.24, 2.45) is 0 Å². The summed E-state index contributed by atoms with van der Waals surface area (Å²) in [5, 5.41) is 3.60. The first-order valence-corrected chi connectivity index (χ1v) is 4.03. The van der Waals surface area contributed by atoms with Gasteiger partial charge in [0, 0.05) is 12.5 Å². The maximum absolute atomic E-state index is 5.39. The van der Waals surface area contributed by atoms with Crippen molar-refractivity contribution >= 4 is 5.82 Å². The molecule has 0 aliphatic rings. The Morgan fingerprint density at radius 1 is 1.67 bits per heavy atom. The van der Waals surface area contributed by atoms with Crippen LogP contribution in [0.1, 0.15) is 26.0 Å². The molecule has 0 radical (unpaired) electrons. The zero-order chi connectivity index (χ0) is 8.97. The number of nitrogens with zero attached hydrogens (tertiary/aromatic N) is 1. The molecule has 1 aromatic rings. The van der Waals surface area contributed by atoms with E-state index in [4.69, 9.17) is 10.3 Å². The third-order valence-corrected chi connectivity index (χ3v) is 1.52. The summed E-state index contributed by atoms with van der Waals surface area (Å²) >= 11 is 0. The highest BCUT2D eigenvalue weighted by molar-refractivity contribution is 5.26. The zero-order valence-electron chi connectivity index (χ0n) is 7.50. The molecule has 0 saturated carbocycles. The molecule has 2 N–H and O–H groups in total. The van der Waals surface area contributed by atoms with Crippen molar-refractivity contribution in [1.29, 1.82) is 0 Å². The summed E-state index contributed by atoms with van der Waals surface area (Å²) in [4.78, 5) is 0. The lowest BCUT2D eigenvalue weighted by Crippen LogP contribution is -1.81. The second-order valence-electron chi connectivity index (χ2n) is 3.04. The van der Waals surface area contributed by atoms with Crippen molar-refractivity contribution in [3.8, 4) is 0 Å². The lowest BCUT2D eigenvalue weighted by Gasteiger charge is -1.90. The minimum Gasteiger partial charge on any atom is -0.381 e. The standard InChI is InChI=1S/C9H14N2O/c1-7(2)4-3-5-8-6-9(10)11-12-8/h4,6H,3,5H2,1-2H3,(H2,10,11). The normalized spacial score (nSPS) is 9.83. The highest BCUT2D eigenvalue weighted by Gasteiger charge is 1.98. The number of anilines is 1. The number of allylic oxidation sites excluding steroid dienone is 2. The molecule has 0 amide bonds. The lowest BCUT2D eigenvalue weighted by molar-refractivity contribution is 0.386. The minimum atomic E-state index is 0.460. The van der Waals surface area contributed by atoms with Crippen molar-refractivity contribution in [2.75, 3.05) is 5.73 Å². The highest BCUT2D eigenvalue weighted by Crippen LogP contribution is 2.08. The Balaban J connectivity index is 2.38. The Morgan fingerprint density at radius 3 is 2.92 bits per heavy atom. The van der Waals surface area contributed by atoms with Crippen LogP contribution in [0.2, 0.25) is 0 Å². The molecule has 0 aliphatic carbocycles. The Bertz CT molecular complexity index is 272. The van der Waals surface area contributed by atoms with Gasteiger partial charge in [0.2, 0.25) is 0 Å². The van der Waals surface area contributed by atoms with Crippen LogP contribution in [0.15, 0.2) is 22.2 Å². The van der Waals surface area contributed by atoms with E-state index in [1.807, 2.05) is 0 Å². The number of hydrogen-bond acceptors (Lipinski definition) is 3. The predicted molar refractivity (Wildman–Crippen MR) is 48.7 cm³/mol. The van der Waals surface area contributed by atoms with Crippen LogP contribution in [0, 0.1) is 0 Å². The van der Waals surface area contributed by atoms with Gasteiger partial charge in [-0.15, -0.1) is 0 Å². The van der Waals surface area contributed by atoms with Crippen LogP contribution in [0.25, 0.3) is 0 Å². The first-order valence-electron chi connectivity index (χ1n) is 4.03. The van der Waals surface area contributed by atoms with Crippen LogP contribution in [0.3, 0.4) is 0 Å². The molecule has 0 fully saturated rings. The molecule has 0 spiro atoms. The molecule has 3 heteroatoms. The molecule has 66 valence electrons. The van der Waals surface area contributed by atoms with Crippen molar-refractivity contribution in [1.82, 2.24) is 5.16 Å². The number of nitrogens with two attached hydrogens (primary N) is 1. The third-order valence-electron chi connectivity index (χ3n) is 1.52. The summed E-state index contributed by atoms with van der Waals surface area (Å²) in [6, 6.07) is 1.76. The molecule has 0 bridgehead atoms. The van der Waals surface area contributed by atoms with Gasteiger partial charge in [0.25, 0.3) is 0 Å². The van der Waals surface area contributed by atoms with Gasteiger partial charge in [0.05, 0.1) is 0 Å². The van der Waals surface area contributed by atoms with Gasteiger partial charge in [-0.2, -0.15) is 0 Å². The molecule has 1 heterocycles. The molecular formula is C9H14N2O. The van der Waals surface area contributed by atoms with Gasteiger partial charge < -0.3 is 10.3 Å². The Morgan fingerprint density at radius 2 is 2.42 bits per heavy atom. The molecule has 1 aromatic heterocycles. The van der Waals surface area contributed by atoms with Crippen molar-refractivity contribution < 1.29 is 4.52 Å². The molecule has 0 saturated heterocycles. The average molecular weight is 166 g/mol. The summed E-state index contributed by atoms with van der Waals surface area (Å²) in [5.41, 5.74) is 6.71. The smallest absolute Gasteiger partial charge is 0.167 e. The van der Waals surface area contributed by atoms with Gasteiger partial charge in [0.1, 0.15) is 5.76 Å². The van der Waals surface area contributed by atoms with Crippen LogP contribution in [-0.4, -0.2) is 5.16 Å². The van der Waals surface area contributed by atoms with Gasteiger partial charge in [-0.05, 0) is 20.3 Å². The van der Waals surface area contributed by atoms with Crippen molar-refractivity contribution in [3.05, 3.63) is 23.5 Å². The predicted octanol–water partition coefficient (Wildman–Crippen LogP) is 2.16. The van der Waals surface area contributed by atoms with E-state index in [-0.39, 0.29) is 0 Å². The molecule has 1 rings (SSSR count). The summed E-state index contributed by atoms with van der Waals surface area (Å²) < 4.78 is 4.94. The SMILES string of the molecule is CC(C)=CCCc1cc(N)no1. The van der Waals surface area contributed by atoms with E-state index in [1.54, 1.807) is 6.07 Å². The number of nitrogen functional groups attached to an aromatic ring is 1. The Labute approximate surface area is 72.2 Å². The highest BCUT2D eigenvalue weighted by atomic mass is 16.5. The minimum absolute atomic E-state index is 0.460. The van der Waals surface area contributed by atoms with Crippen LogP contribution in [0.4, 0.5) is 5.82 Å². The van der Waals surface area contributed by atoms with Gasteiger partial charge in [-0.25, -0.2) is 0 Å². The Kier molecular flexibility index (Phi) is 2.91. The molecule has 12 heavy (non-hydrogen) atoms. The van der Waals surface area contributed by atoms with E-state index in [0.717, 1.165) is 18.6 Å². The van der Waals surface area contributed by atoms with E-state index in [2.05, 4.69) is 25.1 Å². The fourth-order valence-corrected chi connectivity index (χ4v) is 0.950. The first kappa shape index (κ1) is 8.84. The van der Waals surface area contributed by atoms with Crippen LogP contribution >= 0.6 is 0 Å². The maximum atomic E-state index is 5.39. The van der Waals surface area contributed by atoms with E-state index in [9.17, 15) is 0 Å². The summed E-state index contributed by atoms with van der Waals surface area (Å²) in [5.74, 6) is 1.31. The van der Waals surface area contributed by atoms with Gasteiger partial charge in [-0.3, -0.25) is 0 Å². The number of aromatic nitrogens is 1. The largest absolute Gasteiger partial charge is 0.381 e. The molecule has 0 unspecified atom stereocenters. The Hall–Kier alpha value is -1.25. The number of aryl methyl sites for hydroxylation is 1. The summed E-state index contributed by atoms with van der Waals surface area (Å²) in [6.45, 7) is 4.16. The topological polar surface area (TPSA) is 52.0 Å². The molecular weight excluding hydrogens is 152 g/mol. The second-order valence-corrected chi connectivity index (χ2v) is 3.04. The van der Waals surface area contributed by atoms with Crippen LogP contribution < -0.4 is 5.73 Å². The lowest BCUT2D eigenvalue weighted by atomic mass is 10.2. The maximum Gasteiger partial charge on any atom is 0.167 e. The van der Waals surface area contributed by atoms with Crippen molar-refractivity contribution in [3.63, 3.8) is 0 Å². The first-order chi connectivity index (χ1) is 5.68. The fraction of sp³-hybridized carbons (Fsp3) is 0.444. The molecule has 0 aromatic carbocycles. The number of hydrogen-bond donors (Lipinski definition) is 1. The molecule has 0 atom stereocenters. The molecule has 0 aliphatic heterocycles. The van der Waals surface area contributed by atoms with E-state index < -0.39 is 0 Å². The summed E-state index contributed by atoms with van der Waals surface area (Å²) in [7, 11) is 0. The summed E-state index contributed by atoms with van der Waals surface area (Å²) in [6.07, 6.45) is 4.02. The zero-order valence-corrected chi connectivity index (χ0v) is 7.50. The van der Waals surface area contributed by atoms with Crippen LogP contribution in [-0.2, 0) is 6.42 Å². The van der Waals surface area contributed by atoms with Gasteiger partial charge in [-0.1, -0.05) is 16.8 Å².